The van der Waals surface area contributed by atoms with Crippen LogP contribution in [0.5, 0.6) is 5.88 Å². The number of hydrogen-bond acceptors (Lipinski definition) is 4. The predicted molar refractivity (Wildman–Crippen MR) is 98.1 cm³/mol. The van der Waals surface area contributed by atoms with Gasteiger partial charge in [0.1, 0.15) is 5.56 Å². The Morgan fingerprint density at radius 1 is 1.20 bits per heavy atom. The first-order valence-corrected chi connectivity index (χ1v) is 9.08. The van der Waals surface area contributed by atoms with Crippen LogP contribution in [0.3, 0.4) is 0 Å². The SMILES string of the molecule is COc1ncccc1C(=O)N1CCc2sccc2[C@H]1c1ccccc1. The van der Waals surface area contributed by atoms with Gasteiger partial charge in [-0.2, -0.15) is 0 Å². The van der Waals surface area contributed by atoms with Crippen molar-refractivity contribution >= 4 is 17.2 Å². The third-order valence-electron chi connectivity index (χ3n) is 4.54. The summed E-state index contributed by atoms with van der Waals surface area (Å²) in [4.78, 5) is 20.8. The molecule has 1 aliphatic rings. The molecule has 0 saturated heterocycles. The number of fused-ring (bicyclic) bond motifs is 1. The lowest BCUT2D eigenvalue weighted by Crippen LogP contribution is -2.40. The molecule has 3 aromatic rings. The second kappa shape index (κ2) is 6.69. The Morgan fingerprint density at radius 3 is 2.84 bits per heavy atom. The molecular formula is C20H18N2O2S. The highest BCUT2D eigenvalue weighted by atomic mass is 32.1. The fourth-order valence-electron chi connectivity index (χ4n) is 3.40. The molecule has 0 radical (unpaired) electrons. The number of amides is 1. The highest BCUT2D eigenvalue weighted by Crippen LogP contribution is 2.38. The number of aromatic nitrogens is 1. The van der Waals surface area contributed by atoms with E-state index in [1.54, 1.807) is 36.8 Å². The molecule has 1 aliphatic heterocycles. The maximum Gasteiger partial charge on any atom is 0.260 e. The zero-order chi connectivity index (χ0) is 17.2. The first-order valence-electron chi connectivity index (χ1n) is 8.21. The van der Waals surface area contributed by atoms with Crippen molar-refractivity contribution in [3.8, 4) is 5.88 Å². The van der Waals surface area contributed by atoms with Crippen LogP contribution >= 0.6 is 11.3 Å². The Labute approximate surface area is 150 Å². The Bertz CT molecular complexity index is 891. The summed E-state index contributed by atoms with van der Waals surface area (Å²) in [6.07, 6.45) is 2.52. The van der Waals surface area contributed by atoms with Crippen molar-refractivity contribution in [2.75, 3.05) is 13.7 Å². The Hall–Kier alpha value is -2.66. The third-order valence-corrected chi connectivity index (χ3v) is 5.53. The van der Waals surface area contributed by atoms with Crippen LogP contribution in [0.15, 0.2) is 60.1 Å². The molecule has 1 aromatic carbocycles. The number of nitrogens with zero attached hydrogens (tertiary/aromatic N) is 2. The van der Waals surface area contributed by atoms with E-state index in [2.05, 4.69) is 28.6 Å². The number of methoxy groups -OCH3 is 1. The number of hydrogen-bond donors (Lipinski definition) is 0. The minimum atomic E-state index is -0.0754. The Morgan fingerprint density at radius 2 is 2.04 bits per heavy atom. The van der Waals surface area contributed by atoms with Crippen LogP contribution in [0, 0.1) is 0 Å². The molecule has 0 fully saturated rings. The first-order chi connectivity index (χ1) is 12.3. The van der Waals surface area contributed by atoms with E-state index in [1.165, 1.54) is 10.4 Å². The number of ether oxygens (including phenoxy) is 1. The van der Waals surface area contributed by atoms with Gasteiger partial charge in [0.2, 0.25) is 5.88 Å². The second-order valence-electron chi connectivity index (χ2n) is 5.92. The first kappa shape index (κ1) is 15.8. The molecule has 5 heteroatoms. The second-order valence-corrected chi connectivity index (χ2v) is 6.92. The number of benzene rings is 1. The Kier molecular flexibility index (Phi) is 4.24. The van der Waals surface area contributed by atoms with E-state index in [-0.39, 0.29) is 11.9 Å². The average Bonchev–Trinajstić information content (AvgIpc) is 3.16. The largest absolute Gasteiger partial charge is 0.480 e. The quantitative estimate of drug-likeness (QED) is 0.718. The van der Waals surface area contributed by atoms with Gasteiger partial charge in [-0.15, -0.1) is 11.3 Å². The summed E-state index contributed by atoms with van der Waals surface area (Å²) in [7, 11) is 1.54. The summed E-state index contributed by atoms with van der Waals surface area (Å²) in [6, 6.07) is 15.8. The van der Waals surface area contributed by atoms with Crippen molar-refractivity contribution < 1.29 is 9.53 Å². The number of pyridine rings is 1. The summed E-state index contributed by atoms with van der Waals surface area (Å²) in [5.41, 5.74) is 2.85. The number of carbonyl (C=O) groups excluding carboxylic acids is 1. The maximum atomic E-state index is 13.3. The van der Waals surface area contributed by atoms with E-state index >= 15 is 0 Å². The molecule has 0 unspecified atom stereocenters. The van der Waals surface area contributed by atoms with Crippen LogP contribution in [0.25, 0.3) is 0 Å². The molecule has 0 bridgehead atoms. The molecule has 25 heavy (non-hydrogen) atoms. The van der Waals surface area contributed by atoms with Gasteiger partial charge in [0, 0.05) is 17.6 Å². The maximum absolute atomic E-state index is 13.3. The molecule has 4 rings (SSSR count). The summed E-state index contributed by atoms with van der Waals surface area (Å²) < 4.78 is 5.30. The topological polar surface area (TPSA) is 42.4 Å². The van der Waals surface area contributed by atoms with Gasteiger partial charge in [-0.05, 0) is 41.1 Å². The van der Waals surface area contributed by atoms with Gasteiger partial charge in [0.25, 0.3) is 5.91 Å². The van der Waals surface area contributed by atoms with Crippen LogP contribution < -0.4 is 4.74 Å². The van der Waals surface area contributed by atoms with E-state index in [9.17, 15) is 4.79 Å². The van der Waals surface area contributed by atoms with E-state index in [1.807, 2.05) is 23.1 Å². The van der Waals surface area contributed by atoms with Crippen LogP contribution in [-0.4, -0.2) is 29.4 Å². The lowest BCUT2D eigenvalue weighted by molar-refractivity contribution is 0.0692. The number of thiophene rings is 1. The van der Waals surface area contributed by atoms with Gasteiger partial charge in [0.05, 0.1) is 13.2 Å². The van der Waals surface area contributed by atoms with E-state index in [0.29, 0.717) is 18.0 Å². The molecule has 0 N–H and O–H groups in total. The molecule has 4 nitrogen and oxygen atoms in total. The molecule has 0 spiro atoms. The highest BCUT2D eigenvalue weighted by Gasteiger charge is 2.34. The molecule has 3 heterocycles. The molecule has 1 atom stereocenters. The average molecular weight is 350 g/mol. The van der Waals surface area contributed by atoms with Gasteiger partial charge in [0.15, 0.2) is 0 Å². The number of rotatable bonds is 3. The number of carbonyl (C=O) groups is 1. The van der Waals surface area contributed by atoms with Gasteiger partial charge in [-0.25, -0.2) is 4.98 Å². The van der Waals surface area contributed by atoms with Crippen LogP contribution in [0.4, 0.5) is 0 Å². The molecule has 1 amide bonds. The van der Waals surface area contributed by atoms with Crippen LogP contribution in [-0.2, 0) is 6.42 Å². The van der Waals surface area contributed by atoms with Crippen molar-refractivity contribution in [3.63, 3.8) is 0 Å². The van der Waals surface area contributed by atoms with E-state index in [0.717, 1.165) is 12.0 Å². The minimum Gasteiger partial charge on any atom is -0.480 e. The van der Waals surface area contributed by atoms with Crippen LogP contribution in [0.2, 0.25) is 0 Å². The van der Waals surface area contributed by atoms with Gasteiger partial charge in [-0.1, -0.05) is 30.3 Å². The lowest BCUT2D eigenvalue weighted by atomic mass is 9.92. The minimum absolute atomic E-state index is 0.0457. The van der Waals surface area contributed by atoms with Crippen molar-refractivity contribution in [2.24, 2.45) is 0 Å². The zero-order valence-corrected chi connectivity index (χ0v) is 14.7. The standard InChI is InChI=1S/C20H18N2O2S/c1-24-19-16(8-5-11-21-19)20(23)22-12-9-17-15(10-13-25-17)18(22)14-6-3-2-4-7-14/h2-8,10-11,13,18H,9,12H2,1H3/t18-/m1/s1. The van der Waals surface area contributed by atoms with Crippen molar-refractivity contribution in [2.45, 2.75) is 12.5 Å². The van der Waals surface area contributed by atoms with E-state index < -0.39 is 0 Å². The molecule has 2 aromatic heterocycles. The smallest absolute Gasteiger partial charge is 0.260 e. The highest BCUT2D eigenvalue weighted by molar-refractivity contribution is 7.10. The van der Waals surface area contributed by atoms with Crippen molar-refractivity contribution in [1.82, 2.24) is 9.88 Å². The fraction of sp³-hybridized carbons (Fsp3) is 0.200. The van der Waals surface area contributed by atoms with E-state index in [4.69, 9.17) is 4.74 Å². The fourth-order valence-corrected chi connectivity index (χ4v) is 4.30. The predicted octanol–water partition coefficient (Wildman–Crippen LogP) is 3.94. The summed E-state index contributed by atoms with van der Waals surface area (Å²) in [5, 5.41) is 2.11. The monoisotopic (exact) mass is 350 g/mol. The third kappa shape index (κ3) is 2.81. The molecular weight excluding hydrogens is 332 g/mol. The zero-order valence-electron chi connectivity index (χ0n) is 13.9. The van der Waals surface area contributed by atoms with Gasteiger partial charge in [-0.3, -0.25) is 4.79 Å². The lowest BCUT2D eigenvalue weighted by Gasteiger charge is -2.36. The van der Waals surface area contributed by atoms with Crippen molar-refractivity contribution in [1.29, 1.82) is 0 Å². The molecule has 126 valence electrons. The normalized spacial score (nSPS) is 16.4. The summed E-state index contributed by atoms with van der Waals surface area (Å²) in [5.74, 6) is 0.325. The summed E-state index contributed by atoms with van der Waals surface area (Å²) in [6.45, 7) is 0.684. The Balaban J connectivity index is 1.79. The van der Waals surface area contributed by atoms with Crippen molar-refractivity contribution in [3.05, 3.63) is 81.7 Å². The van der Waals surface area contributed by atoms with Gasteiger partial charge >= 0.3 is 0 Å². The van der Waals surface area contributed by atoms with Gasteiger partial charge < -0.3 is 9.64 Å². The molecule has 0 aliphatic carbocycles. The molecule has 0 saturated carbocycles. The summed E-state index contributed by atoms with van der Waals surface area (Å²) >= 11 is 1.77. The van der Waals surface area contributed by atoms with Crippen LogP contribution in [0.1, 0.15) is 32.4 Å².